The van der Waals surface area contributed by atoms with Crippen molar-refractivity contribution in [1.29, 1.82) is 0 Å². The maximum absolute atomic E-state index is 10.6. The van der Waals surface area contributed by atoms with Crippen LogP contribution in [-0.2, 0) is 12.8 Å². The number of aromatic nitrogens is 1. The van der Waals surface area contributed by atoms with Crippen LogP contribution in [0.25, 0.3) is 0 Å². The minimum atomic E-state index is 0.529. The third-order valence-corrected chi connectivity index (χ3v) is 3.19. The van der Waals surface area contributed by atoms with Gasteiger partial charge in [0, 0.05) is 5.69 Å². The van der Waals surface area contributed by atoms with Crippen LogP contribution in [0.4, 0.5) is 0 Å². The average Bonchev–Trinajstić information content (AvgIpc) is 2.48. The zero-order valence-electron chi connectivity index (χ0n) is 11.1. The molecule has 1 aromatic carbocycles. The van der Waals surface area contributed by atoms with E-state index < -0.39 is 0 Å². The number of unbranched alkanes of at least 4 members (excludes halogenated alkanes) is 2. The number of carbonyl (C=O) groups excluding carboxylic acids is 1. The summed E-state index contributed by atoms with van der Waals surface area (Å²) < 4.78 is 0. The van der Waals surface area contributed by atoms with Gasteiger partial charge in [-0.3, -0.25) is 9.78 Å². The number of hydrogen-bond donors (Lipinski definition) is 0. The van der Waals surface area contributed by atoms with Crippen LogP contribution in [0, 0.1) is 0 Å². The van der Waals surface area contributed by atoms with Gasteiger partial charge in [-0.1, -0.05) is 42.8 Å². The molecule has 1 aromatic heterocycles. The lowest BCUT2D eigenvalue weighted by molar-refractivity contribution is 0.111. The van der Waals surface area contributed by atoms with Crippen molar-refractivity contribution in [3.63, 3.8) is 0 Å². The lowest BCUT2D eigenvalue weighted by Gasteiger charge is -2.03. The third-order valence-electron chi connectivity index (χ3n) is 3.19. The molecule has 2 nitrogen and oxygen atoms in total. The highest BCUT2D eigenvalue weighted by Gasteiger charge is 1.98. The Kier molecular flexibility index (Phi) is 5.30. The lowest BCUT2D eigenvalue weighted by atomic mass is 10.1. The number of aryl methyl sites for hydroxylation is 2. The van der Waals surface area contributed by atoms with Crippen molar-refractivity contribution >= 4 is 6.29 Å². The fraction of sp³-hybridized carbons (Fsp3) is 0.294. The van der Waals surface area contributed by atoms with E-state index >= 15 is 0 Å². The summed E-state index contributed by atoms with van der Waals surface area (Å²) in [6, 6.07) is 16.2. The normalized spacial score (nSPS) is 10.3. The maximum atomic E-state index is 10.6. The molecular formula is C17H19NO. The van der Waals surface area contributed by atoms with Gasteiger partial charge in [-0.2, -0.15) is 0 Å². The van der Waals surface area contributed by atoms with Crippen molar-refractivity contribution in [1.82, 2.24) is 4.98 Å². The molecule has 2 rings (SSSR count). The molecule has 0 aliphatic carbocycles. The zero-order chi connectivity index (χ0) is 13.3. The molecule has 0 fully saturated rings. The molecule has 0 bridgehead atoms. The largest absolute Gasteiger partial charge is 0.296 e. The number of rotatable bonds is 7. The second-order valence-electron chi connectivity index (χ2n) is 4.72. The second-order valence-corrected chi connectivity index (χ2v) is 4.72. The summed E-state index contributed by atoms with van der Waals surface area (Å²) in [5, 5.41) is 0. The summed E-state index contributed by atoms with van der Waals surface area (Å²) in [7, 11) is 0. The average molecular weight is 253 g/mol. The van der Waals surface area contributed by atoms with Crippen LogP contribution in [0.3, 0.4) is 0 Å². The SMILES string of the molecule is O=Cc1cccc(CCCCCc2ccccc2)n1. The summed E-state index contributed by atoms with van der Waals surface area (Å²) in [4.78, 5) is 14.9. The molecule has 0 radical (unpaired) electrons. The van der Waals surface area contributed by atoms with Gasteiger partial charge in [-0.15, -0.1) is 0 Å². The predicted molar refractivity (Wildman–Crippen MR) is 77.3 cm³/mol. The summed E-state index contributed by atoms with van der Waals surface area (Å²) in [5.41, 5.74) is 2.95. The van der Waals surface area contributed by atoms with E-state index in [2.05, 4.69) is 35.3 Å². The fourth-order valence-electron chi connectivity index (χ4n) is 2.16. The van der Waals surface area contributed by atoms with E-state index in [0.717, 1.165) is 31.2 Å². The second kappa shape index (κ2) is 7.47. The Balaban J connectivity index is 1.68. The predicted octanol–water partition coefficient (Wildman–Crippen LogP) is 3.85. The summed E-state index contributed by atoms with van der Waals surface area (Å²) in [6.45, 7) is 0. The van der Waals surface area contributed by atoms with Crippen molar-refractivity contribution in [2.24, 2.45) is 0 Å². The Morgan fingerprint density at radius 2 is 1.63 bits per heavy atom. The molecule has 2 heteroatoms. The highest BCUT2D eigenvalue weighted by atomic mass is 16.1. The van der Waals surface area contributed by atoms with E-state index in [4.69, 9.17) is 0 Å². The molecule has 0 N–H and O–H groups in total. The molecule has 0 unspecified atom stereocenters. The summed E-state index contributed by atoms with van der Waals surface area (Å²) in [5.74, 6) is 0. The highest BCUT2D eigenvalue weighted by Crippen LogP contribution is 2.09. The molecule has 0 aliphatic rings. The van der Waals surface area contributed by atoms with E-state index in [1.54, 1.807) is 6.07 Å². The molecule has 0 saturated heterocycles. The molecule has 0 amide bonds. The van der Waals surface area contributed by atoms with E-state index in [1.165, 1.54) is 18.4 Å². The minimum Gasteiger partial charge on any atom is -0.296 e. The minimum absolute atomic E-state index is 0.529. The Labute approximate surface area is 114 Å². The van der Waals surface area contributed by atoms with Crippen LogP contribution >= 0.6 is 0 Å². The van der Waals surface area contributed by atoms with Gasteiger partial charge in [0.05, 0.1) is 0 Å². The van der Waals surface area contributed by atoms with Gasteiger partial charge in [0.1, 0.15) is 5.69 Å². The quantitative estimate of drug-likeness (QED) is 0.554. The molecule has 2 aromatic rings. The van der Waals surface area contributed by atoms with E-state index in [1.807, 2.05) is 12.1 Å². The maximum Gasteiger partial charge on any atom is 0.168 e. The van der Waals surface area contributed by atoms with Crippen LogP contribution in [-0.4, -0.2) is 11.3 Å². The van der Waals surface area contributed by atoms with Crippen molar-refractivity contribution in [2.75, 3.05) is 0 Å². The van der Waals surface area contributed by atoms with Gasteiger partial charge in [0.25, 0.3) is 0 Å². The van der Waals surface area contributed by atoms with E-state index in [-0.39, 0.29) is 0 Å². The van der Waals surface area contributed by atoms with Gasteiger partial charge >= 0.3 is 0 Å². The first kappa shape index (κ1) is 13.5. The number of pyridine rings is 1. The standard InChI is InChI=1S/C17H19NO/c19-14-17-13-7-12-16(18-17)11-6-2-5-10-15-8-3-1-4-9-15/h1,3-4,7-9,12-14H,2,5-6,10-11H2. The number of nitrogens with zero attached hydrogens (tertiary/aromatic N) is 1. The molecular weight excluding hydrogens is 234 g/mol. The molecule has 0 atom stereocenters. The number of benzene rings is 1. The zero-order valence-corrected chi connectivity index (χ0v) is 11.1. The van der Waals surface area contributed by atoms with Gasteiger partial charge in [0.2, 0.25) is 0 Å². The molecule has 0 spiro atoms. The fourth-order valence-corrected chi connectivity index (χ4v) is 2.16. The molecule has 19 heavy (non-hydrogen) atoms. The van der Waals surface area contributed by atoms with Crippen molar-refractivity contribution in [2.45, 2.75) is 32.1 Å². The highest BCUT2D eigenvalue weighted by molar-refractivity contribution is 5.71. The summed E-state index contributed by atoms with van der Waals surface area (Å²) in [6.07, 6.45) is 6.43. The van der Waals surface area contributed by atoms with Crippen LogP contribution in [0.2, 0.25) is 0 Å². The van der Waals surface area contributed by atoms with Crippen molar-refractivity contribution in [3.8, 4) is 0 Å². The first-order chi connectivity index (χ1) is 9.38. The Morgan fingerprint density at radius 3 is 2.42 bits per heavy atom. The van der Waals surface area contributed by atoms with Crippen molar-refractivity contribution < 1.29 is 4.79 Å². The number of aldehydes is 1. The van der Waals surface area contributed by atoms with Crippen LogP contribution in [0.1, 0.15) is 41.0 Å². The summed E-state index contributed by atoms with van der Waals surface area (Å²) >= 11 is 0. The smallest absolute Gasteiger partial charge is 0.168 e. The first-order valence-electron chi connectivity index (χ1n) is 6.83. The van der Waals surface area contributed by atoms with Crippen LogP contribution < -0.4 is 0 Å². The molecule has 98 valence electrons. The topological polar surface area (TPSA) is 30.0 Å². The van der Waals surface area contributed by atoms with Gasteiger partial charge in [-0.05, 0) is 43.4 Å². The number of hydrogen-bond acceptors (Lipinski definition) is 2. The van der Waals surface area contributed by atoms with Gasteiger partial charge in [0.15, 0.2) is 6.29 Å². The lowest BCUT2D eigenvalue weighted by Crippen LogP contribution is -1.94. The Hall–Kier alpha value is -1.96. The van der Waals surface area contributed by atoms with E-state index in [0.29, 0.717) is 5.69 Å². The third kappa shape index (κ3) is 4.66. The first-order valence-corrected chi connectivity index (χ1v) is 6.83. The molecule has 1 heterocycles. The van der Waals surface area contributed by atoms with Crippen molar-refractivity contribution in [3.05, 3.63) is 65.5 Å². The Morgan fingerprint density at radius 1 is 0.842 bits per heavy atom. The van der Waals surface area contributed by atoms with Gasteiger partial charge < -0.3 is 0 Å². The molecule has 0 aliphatic heterocycles. The Bertz CT molecular complexity index is 508. The van der Waals surface area contributed by atoms with Crippen LogP contribution in [0.15, 0.2) is 48.5 Å². The van der Waals surface area contributed by atoms with Gasteiger partial charge in [-0.25, -0.2) is 0 Å². The molecule has 0 saturated carbocycles. The monoisotopic (exact) mass is 253 g/mol. The van der Waals surface area contributed by atoms with E-state index in [9.17, 15) is 4.79 Å². The number of carbonyl (C=O) groups is 1. The van der Waals surface area contributed by atoms with Crippen LogP contribution in [0.5, 0.6) is 0 Å².